The summed E-state index contributed by atoms with van der Waals surface area (Å²) in [6, 6.07) is 5.92. The van der Waals surface area contributed by atoms with Crippen LogP contribution in [-0.2, 0) is 17.8 Å². The fourth-order valence-corrected chi connectivity index (χ4v) is 2.62. The van der Waals surface area contributed by atoms with Gasteiger partial charge >= 0.3 is 0 Å². The summed E-state index contributed by atoms with van der Waals surface area (Å²) in [5.74, 6) is 1.49. The number of nitrogens with zero attached hydrogens (tertiary/aromatic N) is 1. The lowest BCUT2D eigenvalue weighted by Gasteiger charge is -2.08. The summed E-state index contributed by atoms with van der Waals surface area (Å²) in [6.07, 6.45) is 0.786. The molecule has 0 N–H and O–H groups in total. The number of thiazole rings is 1. The van der Waals surface area contributed by atoms with Gasteiger partial charge in [0.1, 0.15) is 0 Å². The van der Waals surface area contributed by atoms with Crippen LogP contribution in [0.5, 0.6) is 11.5 Å². The Labute approximate surface area is 117 Å². The molecule has 5 heteroatoms. The molecule has 19 heavy (non-hydrogen) atoms. The van der Waals surface area contributed by atoms with Crippen molar-refractivity contribution in [3.63, 3.8) is 0 Å². The minimum absolute atomic E-state index is 0.558. The van der Waals surface area contributed by atoms with Gasteiger partial charge < -0.3 is 14.2 Å². The van der Waals surface area contributed by atoms with Gasteiger partial charge in [0.05, 0.1) is 31.5 Å². The molecule has 1 aromatic carbocycles. The van der Waals surface area contributed by atoms with Crippen molar-refractivity contribution in [2.45, 2.75) is 13.0 Å². The van der Waals surface area contributed by atoms with Crippen LogP contribution in [0.4, 0.5) is 0 Å². The van der Waals surface area contributed by atoms with Crippen molar-refractivity contribution >= 4 is 11.3 Å². The molecular weight excluding hydrogens is 262 g/mol. The molecule has 1 heterocycles. The van der Waals surface area contributed by atoms with E-state index in [2.05, 4.69) is 4.98 Å². The molecule has 0 aliphatic rings. The maximum atomic E-state index is 5.30. The van der Waals surface area contributed by atoms with Crippen LogP contribution in [0.1, 0.15) is 16.3 Å². The highest BCUT2D eigenvalue weighted by Crippen LogP contribution is 2.28. The first kappa shape index (κ1) is 13.8. The second-order valence-electron chi connectivity index (χ2n) is 4.03. The molecule has 2 aromatic rings. The molecule has 0 bridgehead atoms. The molecule has 4 nitrogen and oxygen atoms in total. The number of benzene rings is 1. The highest BCUT2D eigenvalue weighted by molar-refractivity contribution is 7.09. The van der Waals surface area contributed by atoms with Crippen molar-refractivity contribution < 1.29 is 14.2 Å². The molecule has 0 amide bonds. The second kappa shape index (κ2) is 6.54. The standard InChI is InChI=1S/C14H17NO3S/c1-16-8-11-9-19-14(15-11)7-10-4-5-12(17-2)13(6-10)18-3/h4-6,9H,7-8H2,1-3H3. The van der Waals surface area contributed by atoms with Crippen molar-refractivity contribution in [2.75, 3.05) is 21.3 Å². The number of hydrogen-bond donors (Lipinski definition) is 0. The van der Waals surface area contributed by atoms with Gasteiger partial charge in [-0.3, -0.25) is 0 Å². The van der Waals surface area contributed by atoms with E-state index in [9.17, 15) is 0 Å². The molecule has 0 aliphatic heterocycles. The Morgan fingerprint density at radius 3 is 2.58 bits per heavy atom. The van der Waals surface area contributed by atoms with Gasteiger partial charge in [0.25, 0.3) is 0 Å². The fourth-order valence-electron chi connectivity index (χ4n) is 1.81. The van der Waals surface area contributed by atoms with E-state index < -0.39 is 0 Å². The lowest BCUT2D eigenvalue weighted by Crippen LogP contribution is -1.94. The Kier molecular flexibility index (Phi) is 4.76. The van der Waals surface area contributed by atoms with Crippen LogP contribution in [0, 0.1) is 0 Å². The molecule has 0 saturated carbocycles. The van der Waals surface area contributed by atoms with Gasteiger partial charge in [-0.25, -0.2) is 4.98 Å². The summed E-state index contributed by atoms with van der Waals surface area (Å²) in [6.45, 7) is 0.558. The van der Waals surface area contributed by atoms with E-state index in [-0.39, 0.29) is 0 Å². The van der Waals surface area contributed by atoms with Crippen molar-refractivity contribution in [3.05, 3.63) is 39.8 Å². The largest absolute Gasteiger partial charge is 0.493 e. The van der Waals surface area contributed by atoms with Crippen LogP contribution >= 0.6 is 11.3 Å². The first-order chi connectivity index (χ1) is 9.26. The number of hydrogen-bond acceptors (Lipinski definition) is 5. The molecule has 0 fully saturated rings. The Bertz CT molecular complexity index is 539. The topological polar surface area (TPSA) is 40.6 Å². The zero-order valence-electron chi connectivity index (χ0n) is 11.3. The number of aromatic nitrogens is 1. The highest BCUT2D eigenvalue weighted by Gasteiger charge is 2.07. The Morgan fingerprint density at radius 1 is 1.11 bits per heavy atom. The van der Waals surface area contributed by atoms with E-state index in [1.165, 1.54) is 0 Å². The third kappa shape index (κ3) is 3.45. The van der Waals surface area contributed by atoms with Gasteiger partial charge in [-0.15, -0.1) is 11.3 Å². The molecule has 1 aromatic heterocycles. The van der Waals surface area contributed by atoms with Crippen LogP contribution in [0.15, 0.2) is 23.6 Å². The molecule has 2 rings (SSSR count). The molecule has 0 unspecified atom stereocenters. The van der Waals surface area contributed by atoms with Crippen molar-refractivity contribution in [1.82, 2.24) is 4.98 Å². The van der Waals surface area contributed by atoms with Gasteiger partial charge in [0, 0.05) is 18.9 Å². The van der Waals surface area contributed by atoms with Gasteiger partial charge in [0.15, 0.2) is 11.5 Å². The molecule has 0 atom stereocenters. The summed E-state index contributed by atoms with van der Waals surface area (Å²) in [5, 5.41) is 3.10. The lowest BCUT2D eigenvalue weighted by atomic mass is 10.1. The fraction of sp³-hybridized carbons (Fsp3) is 0.357. The Hall–Kier alpha value is -1.59. The molecule has 0 saturated heterocycles. The van der Waals surface area contributed by atoms with Crippen LogP contribution in [0.3, 0.4) is 0 Å². The summed E-state index contributed by atoms with van der Waals surface area (Å²) < 4.78 is 15.6. The van der Waals surface area contributed by atoms with E-state index in [0.717, 1.165) is 34.2 Å². The second-order valence-corrected chi connectivity index (χ2v) is 4.97. The summed E-state index contributed by atoms with van der Waals surface area (Å²) in [7, 11) is 4.95. The Balaban J connectivity index is 2.13. The van der Waals surface area contributed by atoms with E-state index >= 15 is 0 Å². The van der Waals surface area contributed by atoms with Crippen LogP contribution in [0.2, 0.25) is 0 Å². The van der Waals surface area contributed by atoms with Crippen molar-refractivity contribution in [3.8, 4) is 11.5 Å². The van der Waals surface area contributed by atoms with Crippen LogP contribution in [0.25, 0.3) is 0 Å². The van der Waals surface area contributed by atoms with E-state index in [0.29, 0.717) is 6.61 Å². The maximum absolute atomic E-state index is 5.30. The monoisotopic (exact) mass is 279 g/mol. The first-order valence-corrected chi connectivity index (χ1v) is 6.78. The van der Waals surface area contributed by atoms with E-state index in [1.54, 1.807) is 32.7 Å². The third-order valence-electron chi connectivity index (χ3n) is 2.69. The average Bonchev–Trinajstić information content (AvgIpc) is 2.86. The average molecular weight is 279 g/mol. The van der Waals surface area contributed by atoms with Gasteiger partial charge in [0.2, 0.25) is 0 Å². The number of methoxy groups -OCH3 is 3. The first-order valence-electron chi connectivity index (χ1n) is 5.90. The van der Waals surface area contributed by atoms with Gasteiger partial charge in [-0.2, -0.15) is 0 Å². The van der Waals surface area contributed by atoms with Crippen LogP contribution in [-0.4, -0.2) is 26.3 Å². The molecule has 0 aliphatic carbocycles. The molecule has 102 valence electrons. The summed E-state index contributed by atoms with van der Waals surface area (Å²) in [4.78, 5) is 4.51. The SMILES string of the molecule is COCc1csc(Cc2ccc(OC)c(OC)c2)n1. The van der Waals surface area contributed by atoms with Gasteiger partial charge in [-0.1, -0.05) is 6.07 Å². The zero-order valence-corrected chi connectivity index (χ0v) is 12.1. The highest BCUT2D eigenvalue weighted by atomic mass is 32.1. The molecule has 0 radical (unpaired) electrons. The quantitative estimate of drug-likeness (QED) is 0.815. The van der Waals surface area contributed by atoms with Gasteiger partial charge in [-0.05, 0) is 17.7 Å². The smallest absolute Gasteiger partial charge is 0.160 e. The minimum Gasteiger partial charge on any atom is -0.493 e. The normalized spacial score (nSPS) is 10.5. The van der Waals surface area contributed by atoms with Crippen molar-refractivity contribution in [2.24, 2.45) is 0 Å². The number of rotatable bonds is 6. The minimum atomic E-state index is 0.558. The zero-order chi connectivity index (χ0) is 13.7. The van der Waals surface area contributed by atoms with Crippen LogP contribution < -0.4 is 9.47 Å². The van der Waals surface area contributed by atoms with Crippen molar-refractivity contribution in [1.29, 1.82) is 0 Å². The summed E-state index contributed by atoms with van der Waals surface area (Å²) in [5.41, 5.74) is 2.12. The maximum Gasteiger partial charge on any atom is 0.160 e. The summed E-state index contributed by atoms with van der Waals surface area (Å²) >= 11 is 1.64. The predicted octanol–water partition coefficient (Wildman–Crippen LogP) is 2.90. The Morgan fingerprint density at radius 2 is 1.89 bits per heavy atom. The lowest BCUT2D eigenvalue weighted by molar-refractivity contribution is 0.182. The third-order valence-corrected chi connectivity index (χ3v) is 3.59. The number of ether oxygens (including phenoxy) is 3. The molecular formula is C14H17NO3S. The van der Waals surface area contributed by atoms with E-state index in [1.807, 2.05) is 23.6 Å². The molecule has 0 spiro atoms. The van der Waals surface area contributed by atoms with E-state index in [4.69, 9.17) is 14.2 Å². The predicted molar refractivity (Wildman–Crippen MR) is 75.2 cm³/mol.